The van der Waals surface area contributed by atoms with Crippen LogP contribution in [-0.4, -0.2) is 36.3 Å². The molecule has 21 heavy (non-hydrogen) atoms. The smallest absolute Gasteiger partial charge is 0.315 e. The van der Waals surface area contributed by atoms with Crippen molar-refractivity contribution in [2.75, 3.05) is 13.2 Å². The molecule has 1 fully saturated rings. The van der Waals surface area contributed by atoms with E-state index in [0.717, 1.165) is 12.0 Å². The first-order chi connectivity index (χ1) is 10.2. The van der Waals surface area contributed by atoms with E-state index < -0.39 is 5.97 Å². The van der Waals surface area contributed by atoms with Crippen LogP contribution in [-0.2, 0) is 9.53 Å². The van der Waals surface area contributed by atoms with Crippen LogP contribution >= 0.6 is 0 Å². The summed E-state index contributed by atoms with van der Waals surface area (Å²) in [5.74, 6) is -0.856. The summed E-state index contributed by atoms with van der Waals surface area (Å²) in [5.41, 5.74) is 1.05. The van der Waals surface area contributed by atoms with Crippen LogP contribution in [0.3, 0.4) is 0 Å². The Kier molecular flexibility index (Phi) is 5.57. The van der Waals surface area contributed by atoms with Gasteiger partial charge in [0, 0.05) is 19.6 Å². The molecular weight excluding hydrogens is 272 g/mol. The number of nitrogens with one attached hydrogen (secondary N) is 2. The van der Waals surface area contributed by atoms with Crippen molar-refractivity contribution in [3.05, 3.63) is 35.9 Å². The SMILES string of the molecule is O=C(O)CCCNC(=O)NC1CCOC1c1ccccc1. The van der Waals surface area contributed by atoms with Crippen LogP contribution in [0.1, 0.15) is 30.9 Å². The average Bonchev–Trinajstić information content (AvgIpc) is 2.92. The Hall–Kier alpha value is -2.08. The second kappa shape index (κ2) is 7.64. The van der Waals surface area contributed by atoms with Crippen LogP contribution in [0, 0.1) is 0 Å². The summed E-state index contributed by atoms with van der Waals surface area (Å²) in [6.07, 6.45) is 1.11. The van der Waals surface area contributed by atoms with Crippen LogP contribution in [0.15, 0.2) is 30.3 Å². The molecular formula is C15H20N2O4. The number of urea groups is 1. The molecule has 2 atom stereocenters. The predicted molar refractivity (Wildman–Crippen MR) is 76.9 cm³/mol. The third-order valence-electron chi connectivity index (χ3n) is 3.39. The van der Waals surface area contributed by atoms with Crippen LogP contribution in [0.4, 0.5) is 4.79 Å². The lowest BCUT2D eigenvalue weighted by molar-refractivity contribution is -0.137. The van der Waals surface area contributed by atoms with Crippen molar-refractivity contribution in [1.82, 2.24) is 10.6 Å². The zero-order chi connectivity index (χ0) is 15.1. The maximum absolute atomic E-state index is 11.8. The molecule has 0 aromatic heterocycles. The van der Waals surface area contributed by atoms with E-state index in [9.17, 15) is 9.59 Å². The number of carboxylic acid groups (broad SMARTS) is 1. The van der Waals surface area contributed by atoms with Gasteiger partial charge in [-0.25, -0.2) is 4.79 Å². The predicted octanol–water partition coefficient (Wildman–Crippen LogP) is 1.68. The van der Waals surface area contributed by atoms with E-state index in [2.05, 4.69) is 10.6 Å². The van der Waals surface area contributed by atoms with Crippen molar-refractivity contribution in [1.29, 1.82) is 0 Å². The van der Waals surface area contributed by atoms with Crippen molar-refractivity contribution < 1.29 is 19.4 Å². The second-order valence-corrected chi connectivity index (χ2v) is 4.99. The van der Waals surface area contributed by atoms with Crippen molar-refractivity contribution in [3.63, 3.8) is 0 Å². The van der Waals surface area contributed by atoms with Gasteiger partial charge in [-0.05, 0) is 18.4 Å². The molecule has 0 spiro atoms. The molecule has 2 rings (SSSR count). The first-order valence-electron chi connectivity index (χ1n) is 7.09. The van der Waals surface area contributed by atoms with Crippen molar-refractivity contribution in [2.24, 2.45) is 0 Å². The maximum atomic E-state index is 11.8. The van der Waals surface area contributed by atoms with Gasteiger partial charge in [0.2, 0.25) is 0 Å². The van der Waals surface area contributed by atoms with Gasteiger partial charge in [0.25, 0.3) is 0 Å². The Morgan fingerprint density at radius 1 is 1.29 bits per heavy atom. The molecule has 0 aliphatic carbocycles. The quantitative estimate of drug-likeness (QED) is 0.696. The molecule has 0 bridgehead atoms. The largest absolute Gasteiger partial charge is 0.481 e. The fourth-order valence-electron chi connectivity index (χ4n) is 2.37. The zero-order valence-electron chi connectivity index (χ0n) is 11.7. The number of ether oxygens (including phenoxy) is 1. The average molecular weight is 292 g/mol. The highest BCUT2D eigenvalue weighted by molar-refractivity contribution is 5.74. The van der Waals surface area contributed by atoms with Crippen molar-refractivity contribution >= 4 is 12.0 Å². The van der Waals surface area contributed by atoms with Gasteiger partial charge in [-0.2, -0.15) is 0 Å². The molecule has 1 aliphatic heterocycles. The number of hydrogen-bond donors (Lipinski definition) is 3. The van der Waals surface area contributed by atoms with Gasteiger partial charge in [0.15, 0.2) is 0 Å². The van der Waals surface area contributed by atoms with Crippen LogP contribution in [0.5, 0.6) is 0 Å². The Bertz CT molecular complexity index is 478. The molecule has 1 saturated heterocycles. The molecule has 1 aliphatic rings. The van der Waals surface area contributed by atoms with E-state index in [0.29, 0.717) is 19.6 Å². The summed E-state index contributed by atoms with van der Waals surface area (Å²) in [6.45, 7) is 0.964. The summed E-state index contributed by atoms with van der Waals surface area (Å²) in [6, 6.07) is 9.45. The monoisotopic (exact) mass is 292 g/mol. The molecule has 1 aromatic carbocycles. The van der Waals surface area contributed by atoms with Crippen molar-refractivity contribution in [2.45, 2.75) is 31.4 Å². The number of rotatable bonds is 6. The summed E-state index contributed by atoms with van der Waals surface area (Å²) in [7, 11) is 0. The van der Waals surface area contributed by atoms with Crippen LogP contribution < -0.4 is 10.6 Å². The van der Waals surface area contributed by atoms with Gasteiger partial charge in [-0.3, -0.25) is 4.79 Å². The molecule has 6 nitrogen and oxygen atoms in total. The van der Waals surface area contributed by atoms with Crippen molar-refractivity contribution in [3.8, 4) is 0 Å². The molecule has 0 radical (unpaired) electrons. The minimum Gasteiger partial charge on any atom is -0.481 e. The van der Waals surface area contributed by atoms with Gasteiger partial charge in [-0.15, -0.1) is 0 Å². The van der Waals surface area contributed by atoms with Gasteiger partial charge >= 0.3 is 12.0 Å². The Morgan fingerprint density at radius 3 is 2.76 bits per heavy atom. The first kappa shape index (κ1) is 15.3. The lowest BCUT2D eigenvalue weighted by Gasteiger charge is -2.20. The van der Waals surface area contributed by atoms with Crippen LogP contribution in [0.25, 0.3) is 0 Å². The zero-order valence-corrected chi connectivity index (χ0v) is 11.7. The number of carbonyl (C=O) groups is 2. The maximum Gasteiger partial charge on any atom is 0.315 e. The highest BCUT2D eigenvalue weighted by Crippen LogP contribution is 2.28. The number of carbonyl (C=O) groups excluding carboxylic acids is 1. The lowest BCUT2D eigenvalue weighted by Crippen LogP contribution is -2.43. The highest BCUT2D eigenvalue weighted by atomic mass is 16.5. The fraction of sp³-hybridized carbons (Fsp3) is 0.467. The summed E-state index contributed by atoms with van der Waals surface area (Å²) in [5, 5.41) is 14.1. The second-order valence-electron chi connectivity index (χ2n) is 4.99. The molecule has 1 aromatic rings. The topological polar surface area (TPSA) is 87.7 Å². The number of carboxylic acids is 1. The molecule has 6 heteroatoms. The minimum absolute atomic E-state index is 0.0550. The molecule has 2 unspecified atom stereocenters. The van der Waals surface area contributed by atoms with Gasteiger partial charge < -0.3 is 20.5 Å². The Labute approximate surface area is 123 Å². The summed E-state index contributed by atoms with van der Waals surface area (Å²) in [4.78, 5) is 22.2. The number of aliphatic carboxylic acids is 1. The van der Waals surface area contributed by atoms with E-state index in [1.54, 1.807) is 0 Å². The normalized spacial score (nSPS) is 21.0. The van der Waals surface area contributed by atoms with Gasteiger partial charge in [-0.1, -0.05) is 30.3 Å². The third kappa shape index (κ3) is 4.75. The van der Waals surface area contributed by atoms with E-state index in [1.807, 2.05) is 30.3 Å². The van der Waals surface area contributed by atoms with E-state index in [4.69, 9.17) is 9.84 Å². The molecule has 3 N–H and O–H groups in total. The van der Waals surface area contributed by atoms with E-state index >= 15 is 0 Å². The van der Waals surface area contributed by atoms with E-state index in [1.165, 1.54) is 0 Å². The van der Waals surface area contributed by atoms with Crippen LogP contribution in [0.2, 0.25) is 0 Å². The lowest BCUT2D eigenvalue weighted by atomic mass is 10.0. The fourth-order valence-corrected chi connectivity index (χ4v) is 2.37. The molecule has 114 valence electrons. The molecule has 0 saturated carbocycles. The number of amides is 2. The molecule has 2 amide bonds. The standard InChI is InChI=1S/C15H20N2O4/c18-13(19)7-4-9-16-15(20)17-12-8-10-21-14(12)11-5-2-1-3-6-11/h1-3,5-6,12,14H,4,7-10H2,(H,18,19)(H2,16,17,20). The number of benzene rings is 1. The summed E-state index contributed by atoms with van der Waals surface area (Å²) < 4.78 is 5.69. The van der Waals surface area contributed by atoms with Gasteiger partial charge in [0.05, 0.1) is 6.04 Å². The minimum atomic E-state index is -0.856. The van der Waals surface area contributed by atoms with E-state index in [-0.39, 0.29) is 24.6 Å². The third-order valence-corrected chi connectivity index (χ3v) is 3.39. The molecule has 1 heterocycles. The first-order valence-corrected chi connectivity index (χ1v) is 7.09. The number of hydrogen-bond acceptors (Lipinski definition) is 3. The van der Waals surface area contributed by atoms with Gasteiger partial charge in [0.1, 0.15) is 6.10 Å². The highest BCUT2D eigenvalue weighted by Gasteiger charge is 2.30. The Balaban J connectivity index is 1.78. The summed E-state index contributed by atoms with van der Waals surface area (Å²) >= 11 is 0. The Morgan fingerprint density at radius 2 is 2.05 bits per heavy atom.